The monoisotopic (exact) mass is 280 g/mol. The van der Waals surface area contributed by atoms with E-state index in [9.17, 15) is 0 Å². The number of para-hydroxylation sites is 2. The van der Waals surface area contributed by atoms with E-state index in [1.54, 1.807) is 0 Å². The predicted molar refractivity (Wildman–Crippen MR) is 83.8 cm³/mol. The summed E-state index contributed by atoms with van der Waals surface area (Å²) < 4.78 is 6.08. The highest BCUT2D eigenvalue weighted by molar-refractivity contribution is 5.53. The number of hydrogen-bond donors (Lipinski definition) is 1. The van der Waals surface area contributed by atoms with E-state index in [-0.39, 0.29) is 6.04 Å². The molecule has 0 aromatic heterocycles. The van der Waals surface area contributed by atoms with Crippen molar-refractivity contribution in [3.05, 3.63) is 59.7 Å². The average molecular weight is 280 g/mol. The van der Waals surface area contributed by atoms with Gasteiger partial charge in [0.25, 0.3) is 0 Å². The Bertz CT molecular complexity index is 604. The van der Waals surface area contributed by atoms with Crippen LogP contribution in [0.15, 0.2) is 48.5 Å². The van der Waals surface area contributed by atoms with Crippen molar-refractivity contribution in [2.75, 3.05) is 20.1 Å². The largest absolute Gasteiger partial charge is 0.457 e. The zero-order valence-electron chi connectivity index (χ0n) is 12.3. The molecule has 1 atom stereocenters. The second-order valence-electron chi connectivity index (χ2n) is 5.89. The zero-order valence-corrected chi connectivity index (χ0v) is 12.3. The van der Waals surface area contributed by atoms with Crippen molar-refractivity contribution in [2.45, 2.75) is 18.5 Å². The second-order valence-corrected chi connectivity index (χ2v) is 5.89. The van der Waals surface area contributed by atoms with Crippen LogP contribution in [0.1, 0.15) is 23.6 Å². The lowest BCUT2D eigenvalue weighted by molar-refractivity contribution is 0.199. The molecule has 0 bridgehead atoms. The van der Waals surface area contributed by atoms with Crippen molar-refractivity contribution in [3.8, 4) is 11.5 Å². The quantitative estimate of drug-likeness (QED) is 0.914. The summed E-state index contributed by atoms with van der Waals surface area (Å²) in [5.74, 6) is 1.97. The third-order valence-corrected chi connectivity index (χ3v) is 4.66. The van der Waals surface area contributed by atoms with Crippen LogP contribution >= 0.6 is 0 Å². The molecule has 1 N–H and O–H groups in total. The Morgan fingerprint density at radius 1 is 1.00 bits per heavy atom. The highest BCUT2D eigenvalue weighted by atomic mass is 16.5. The average Bonchev–Trinajstić information content (AvgIpc) is 3.06. The van der Waals surface area contributed by atoms with Crippen molar-refractivity contribution in [1.82, 2.24) is 10.2 Å². The minimum absolute atomic E-state index is 0.274. The van der Waals surface area contributed by atoms with E-state index in [1.807, 2.05) is 12.1 Å². The van der Waals surface area contributed by atoms with Gasteiger partial charge in [-0.05, 0) is 32.1 Å². The van der Waals surface area contributed by atoms with Crippen molar-refractivity contribution >= 4 is 0 Å². The van der Waals surface area contributed by atoms with Gasteiger partial charge in [0, 0.05) is 23.7 Å². The van der Waals surface area contributed by atoms with Crippen LogP contribution in [0.4, 0.5) is 0 Å². The summed E-state index contributed by atoms with van der Waals surface area (Å²) in [6.45, 7) is 2.18. The number of hydrogen-bond acceptors (Lipinski definition) is 3. The molecule has 3 nitrogen and oxygen atoms in total. The minimum Gasteiger partial charge on any atom is -0.457 e. The Kier molecular flexibility index (Phi) is 3.17. The van der Waals surface area contributed by atoms with Gasteiger partial charge in [-0.15, -0.1) is 0 Å². The molecule has 1 unspecified atom stereocenters. The standard InChI is InChI=1S/C18H20N2O/c1-20(13-10-11-19-12-13)18-14-6-2-4-8-16(14)21-17-9-5-3-7-15(17)18/h2-9,13,18-19H,10-12H2,1H3. The smallest absolute Gasteiger partial charge is 0.132 e. The molecule has 108 valence electrons. The molecular weight excluding hydrogens is 260 g/mol. The number of rotatable bonds is 2. The first-order chi connectivity index (χ1) is 10.3. The van der Waals surface area contributed by atoms with Gasteiger partial charge in [-0.2, -0.15) is 0 Å². The number of benzene rings is 2. The van der Waals surface area contributed by atoms with Crippen molar-refractivity contribution in [1.29, 1.82) is 0 Å². The second kappa shape index (κ2) is 5.17. The highest BCUT2D eigenvalue weighted by Gasteiger charge is 2.33. The van der Waals surface area contributed by atoms with Gasteiger partial charge in [0.1, 0.15) is 11.5 Å². The maximum Gasteiger partial charge on any atom is 0.132 e. The molecule has 2 aliphatic heterocycles. The van der Waals surface area contributed by atoms with Crippen molar-refractivity contribution in [2.24, 2.45) is 0 Å². The third-order valence-electron chi connectivity index (χ3n) is 4.66. The van der Waals surface area contributed by atoms with E-state index in [0.29, 0.717) is 6.04 Å². The van der Waals surface area contributed by atoms with E-state index in [4.69, 9.17) is 4.74 Å². The van der Waals surface area contributed by atoms with Crippen molar-refractivity contribution < 1.29 is 4.74 Å². The molecule has 21 heavy (non-hydrogen) atoms. The molecular formula is C18H20N2O. The van der Waals surface area contributed by atoms with Crippen LogP contribution in [0.25, 0.3) is 0 Å². The normalized spacial score (nSPS) is 21.0. The first-order valence-corrected chi connectivity index (χ1v) is 7.63. The molecule has 0 spiro atoms. The summed E-state index contributed by atoms with van der Waals surface area (Å²) in [6.07, 6.45) is 1.21. The van der Waals surface area contributed by atoms with Gasteiger partial charge in [-0.1, -0.05) is 36.4 Å². The van der Waals surface area contributed by atoms with Gasteiger partial charge in [0.15, 0.2) is 0 Å². The number of fused-ring (bicyclic) bond motifs is 2. The summed E-state index contributed by atoms with van der Waals surface area (Å²) in [6, 6.07) is 17.7. The van der Waals surface area contributed by atoms with E-state index in [0.717, 1.165) is 24.6 Å². The number of nitrogens with one attached hydrogen (secondary N) is 1. The van der Waals surface area contributed by atoms with Crippen LogP contribution in [0.3, 0.4) is 0 Å². The topological polar surface area (TPSA) is 24.5 Å². The molecule has 0 amide bonds. The summed E-state index contributed by atoms with van der Waals surface area (Å²) in [4.78, 5) is 2.50. The number of likely N-dealkylation sites (N-methyl/N-ethyl adjacent to an activating group) is 1. The molecule has 1 fully saturated rings. The van der Waals surface area contributed by atoms with Crippen LogP contribution in [0.5, 0.6) is 11.5 Å². The fourth-order valence-corrected chi connectivity index (χ4v) is 3.52. The van der Waals surface area contributed by atoms with E-state index >= 15 is 0 Å². The van der Waals surface area contributed by atoms with Crippen molar-refractivity contribution in [3.63, 3.8) is 0 Å². The molecule has 4 rings (SSSR count). The molecule has 0 saturated carbocycles. The van der Waals surface area contributed by atoms with E-state index < -0.39 is 0 Å². The minimum atomic E-state index is 0.274. The molecule has 3 heteroatoms. The van der Waals surface area contributed by atoms with E-state index in [2.05, 4.69) is 53.7 Å². The Labute approximate surface area is 125 Å². The van der Waals surface area contributed by atoms with Crippen LogP contribution in [-0.2, 0) is 0 Å². The van der Waals surface area contributed by atoms with E-state index in [1.165, 1.54) is 17.5 Å². The summed E-state index contributed by atoms with van der Waals surface area (Å²) in [5.41, 5.74) is 2.54. The first-order valence-electron chi connectivity index (χ1n) is 7.63. The lowest BCUT2D eigenvalue weighted by Gasteiger charge is -2.37. The molecule has 2 aromatic carbocycles. The summed E-state index contributed by atoms with van der Waals surface area (Å²) in [7, 11) is 2.24. The van der Waals surface area contributed by atoms with Crippen LogP contribution < -0.4 is 10.1 Å². The lowest BCUT2D eigenvalue weighted by atomic mass is 9.92. The lowest BCUT2D eigenvalue weighted by Crippen LogP contribution is -2.38. The maximum atomic E-state index is 6.08. The van der Waals surface area contributed by atoms with Gasteiger partial charge in [0.05, 0.1) is 6.04 Å². The molecule has 0 aliphatic carbocycles. The van der Waals surface area contributed by atoms with Crippen LogP contribution in [0.2, 0.25) is 0 Å². The first kappa shape index (κ1) is 12.9. The summed E-state index contributed by atoms with van der Waals surface area (Å²) >= 11 is 0. The number of nitrogens with zero attached hydrogens (tertiary/aromatic N) is 1. The van der Waals surface area contributed by atoms with Crippen LogP contribution in [0, 0.1) is 0 Å². The SMILES string of the molecule is CN(C1CCNC1)C1c2ccccc2Oc2ccccc21. The molecule has 2 aliphatic rings. The van der Waals surface area contributed by atoms with Gasteiger partial charge in [-0.3, -0.25) is 4.90 Å². The molecule has 0 radical (unpaired) electrons. The fraction of sp³-hybridized carbons (Fsp3) is 0.333. The Morgan fingerprint density at radius 3 is 2.19 bits per heavy atom. The van der Waals surface area contributed by atoms with Crippen LogP contribution in [-0.4, -0.2) is 31.1 Å². The predicted octanol–water partition coefficient (Wildman–Crippen LogP) is 3.18. The molecule has 2 aromatic rings. The summed E-state index contributed by atoms with van der Waals surface area (Å²) in [5, 5.41) is 3.47. The number of ether oxygens (including phenoxy) is 1. The molecule has 1 saturated heterocycles. The van der Waals surface area contributed by atoms with Gasteiger partial charge >= 0.3 is 0 Å². The van der Waals surface area contributed by atoms with Gasteiger partial charge in [0.2, 0.25) is 0 Å². The highest BCUT2D eigenvalue weighted by Crippen LogP contribution is 2.45. The Hall–Kier alpha value is -1.84. The van der Waals surface area contributed by atoms with Gasteiger partial charge < -0.3 is 10.1 Å². The Balaban J connectivity index is 1.81. The third kappa shape index (κ3) is 2.13. The Morgan fingerprint density at radius 2 is 1.62 bits per heavy atom. The zero-order chi connectivity index (χ0) is 14.2. The fourth-order valence-electron chi connectivity index (χ4n) is 3.52. The maximum absolute atomic E-state index is 6.08. The molecule has 2 heterocycles. The van der Waals surface area contributed by atoms with Gasteiger partial charge in [-0.25, -0.2) is 0 Å².